The molecule has 2 aliphatic rings. The maximum Gasteiger partial charge on any atom is 0.153 e. The van der Waals surface area contributed by atoms with E-state index in [-0.39, 0.29) is 14.9 Å². The molecular weight excluding hydrogens is 310 g/mol. The molecule has 150 valence electrons. The monoisotopic (exact) mass is 355 g/mol. The van der Waals surface area contributed by atoms with Crippen LogP contribution in [-0.2, 0) is 11.8 Å². The number of hydrogen-bond donors (Lipinski definition) is 0. The summed E-state index contributed by atoms with van der Waals surface area (Å²) in [5.74, 6) is 6.09. The van der Waals surface area contributed by atoms with E-state index in [9.17, 15) is 0 Å². The first-order chi connectivity index (χ1) is 10.7. The molecule has 0 radical (unpaired) electrons. The first-order valence-corrected chi connectivity index (χ1v) is 9.17. The summed E-state index contributed by atoms with van der Waals surface area (Å²) in [6.45, 7) is 17.2. The lowest BCUT2D eigenvalue weighted by Crippen LogP contribution is -2.31. The van der Waals surface area contributed by atoms with Crippen molar-refractivity contribution in [1.29, 1.82) is 0 Å². The van der Waals surface area contributed by atoms with Gasteiger partial charge in [-0.15, -0.1) is 0 Å². The Balaban J connectivity index is 0. The van der Waals surface area contributed by atoms with E-state index in [0.29, 0.717) is 5.92 Å². The third-order valence-electron chi connectivity index (χ3n) is 4.69. The maximum absolute atomic E-state index is 5.00. The van der Waals surface area contributed by atoms with Gasteiger partial charge in [0.1, 0.15) is 5.82 Å². The molecule has 25 heavy (non-hydrogen) atoms. The van der Waals surface area contributed by atoms with Gasteiger partial charge in [-0.1, -0.05) is 56.4 Å². The Bertz CT molecular complexity index is 424. The zero-order valence-electron chi connectivity index (χ0n) is 16.5. The van der Waals surface area contributed by atoms with Crippen LogP contribution in [0, 0.1) is 30.6 Å². The average Bonchev–Trinajstić information content (AvgIpc) is 3.16. The van der Waals surface area contributed by atoms with Crippen molar-refractivity contribution in [2.24, 2.45) is 30.7 Å². The smallest absolute Gasteiger partial charge is 0.153 e. The summed E-state index contributed by atoms with van der Waals surface area (Å²) >= 11 is 0. The van der Waals surface area contributed by atoms with Crippen molar-refractivity contribution in [3.63, 3.8) is 0 Å². The van der Waals surface area contributed by atoms with Crippen LogP contribution < -0.4 is 0 Å². The molecule has 0 aromatic carbocycles. The Kier molecular flexibility index (Phi) is 13.1. The number of rotatable bonds is 3. The number of ether oxygens (including phenoxy) is 1. The van der Waals surface area contributed by atoms with Crippen molar-refractivity contribution in [3.05, 3.63) is 11.6 Å². The fourth-order valence-corrected chi connectivity index (χ4v) is 2.13. The van der Waals surface area contributed by atoms with Crippen LogP contribution in [0.3, 0.4) is 0 Å². The topological polar surface area (TPSA) is 39.9 Å². The molecule has 1 aromatic rings. The Morgan fingerprint density at radius 1 is 0.920 bits per heavy atom. The van der Waals surface area contributed by atoms with E-state index in [1.807, 2.05) is 14.0 Å². The lowest BCUT2D eigenvalue weighted by Gasteiger charge is -2.29. The molecule has 4 heteroatoms. The lowest BCUT2D eigenvalue weighted by atomic mass is 9.95. The summed E-state index contributed by atoms with van der Waals surface area (Å²) in [6, 6.07) is 0. The highest BCUT2D eigenvalue weighted by molar-refractivity contribution is 4.94. The van der Waals surface area contributed by atoms with E-state index >= 15 is 0 Å². The second-order valence-electron chi connectivity index (χ2n) is 7.92. The van der Waals surface area contributed by atoms with E-state index in [1.54, 1.807) is 4.68 Å². The van der Waals surface area contributed by atoms with Gasteiger partial charge in [-0.2, -0.15) is 5.10 Å². The van der Waals surface area contributed by atoms with Crippen LogP contribution in [0.15, 0.2) is 0 Å². The van der Waals surface area contributed by atoms with E-state index in [2.05, 4.69) is 51.6 Å². The van der Waals surface area contributed by atoms with Gasteiger partial charge in [-0.3, -0.25) is 4.68 Å². The minimum atomic E-state index is 0. The molecule has 2 fully saturated rings. The van der Waals surface area contributed by atoms with Gasteiger partial charge in [-0.25, -0.2) is 4.98 Å². The molecule has 0 bridgehead atoms. The SMILES string of the molecule is C.C.CC(C)C1CC1.CC(C)C1COC1.Cc1nc(C(C)C)nn1C. The predicted octanol–water partition coefficient (Wildman–Crippen LogP) is 5.86. The van der Waals surface area contributed by atoms with Crippen LogP contribution in [0.4, 0.5) is 0 Å². The number of hydrogen-bond acceptors (Lipinski definition) is 3. The summed E-state index contributed by atoms with van der Waals surface area (Å²) in [5, 5.41) is 4.22. The highest BCUT2D eigenvalue weighted by Gasteiger charge is 2.24. The van der Waals surface area contributed by atoms with Crippen LogP contribution in [0.1, 0.15) is 86.8 Å². The van der Waals surface area contributed by atoms with Crippen molar-refractivity contribution in [2.75, 3.05) is 13.2 Å². The van der Waals surface area contributed by atoms with E-state index in [4.69, 9.17) is 4.74 Å². The quantitative estimate of drug-likeness (QED) is 0.681. The van der Waals surface area contributed by atoms with Crippen LogP contribution in [0.5, 0.6) is 0 Å². The predicted molar refractivity (Wildman–Crippen MR) is 110 cm³/mol. The fourth-order valence-electron chi connectivity index (χ4n) is 2.13. The molecule has 0 atom stereocenters. The van der Waals surface area contributed by atoms with Crippen LogP contribution in [0.25, 0.3) is 0 Å². The Morgan fingerprint density at radius 3 is 1.48 bits per heavy atom. The third-order valence-corrected chi connectivity index (χ3v) is 4.69. The molecule has 1 aliphatic heterocycles. The van der Waals surface area contributed by atoms with E-state index in [1.165, 1.54) is 12.8 Å². The average molecular weight is 356 g/mol. The summed E-state index contributed by atoms with van der Waals surface area (Å²) in [4.78, 5) is 4.26. The molecule has 0 unspecified atom stereocenters. The molecule has 0 spiro atoms. The highest BCUT2D eigenvalue weighted by Crippen LogP contribution is 2.35. The third kappa shape index (κ3) is 9.98. The summed E-state index contributed by atoms with van der Waals surface area (Å²) < 4.78 is 6.80. The Hall–Kier alpha value is -0.900. The first kappa shape index (κ1) is 26.3. The normalized spacial score (nSPS) is 16.1. The summed E-state index contributed by atoms with van der Waals surface area (Å²) in [6.07, 6.45) is 3.00. The largest absolute Gasteiger partial charge is 0.381 e. The molecule has 1 saturated heterocycles. The van der Waals surface area contributed by atoms with Crippen molar-refractivity contribution in [3.8, 4) is 0 Å². The molecule has 0 amide bonds. The van der Waals surface area contributed by atoms with Crippen molar-refractivity contribution in [2.45, 2.75) is 82.1 Å². The maximum atomic E-state index is 5.00. The molecule has 2 heterocycles. The molecule has 1 saturated carbocycles. The number of aromatic nitrogens is 3. The Morgan fingerprint density at radius 2 is 1.40 bits per heavy atom. The zero-order chi connectivity index (χ0) is 17.6. The molecule has 3 rings (SSSR count). The van der Waals surface area contributed by atoms with Gasteiger partial charge in [-0.05, 0) is 37.5 Å². The van der Waals surface area contributed by atoms with Crippen molar-refractivity contribution < 1.29 is 4.74 Å². The Labute approximate surface area is 157 Å². The first-order valence-electron chi connectivity index (χ1n) is 9.17. The van der Waals surface area contributed by atoms with Gasteiger partial charge >= 0.3 is 0 Å². The second-order valence-corrected chi connectivity index (χ2v) is 7.92. The highest BCUT2D eigenvalue weighted by atomic mass is 16.5. The molecule has 4 nitrogen and oxygen atoms in total. The van der Waals surface area contributed by atoms with Gasteiger partial charge in [0.05, 0.1) is 13.2 Å². The van der Waals surface area contributed by atoms with Crippen molar-refractivity contribution >= 4 is 0 Å². The second kappa shape index (κ2) is 12.5. The standard InChI is InChI=1S/C7H13N3.C6H12O.C6H12.2CH4/c1-5(2)7-8-6(3)10(4)9-7;1-5(2)6-3-7-4-6;1-5(2)6-3-4-6;;/h5H,1-4H3;5-6H,3-4H2,1-2H3;5-6H,3-4H2,1-2H3;2*1H4. The van der Waals surface area contributed by atoms with Crippen LogP contribution in [-0.4, -0.2) is 28.0 Å². The minimum absolute atomic E-state index is 0. The van der Waals surface area contributed by atoms with Crippen molar-refractivity contribution in [1.82, 2.24) is 14.8 Å². The zero-order valence-corrected chi connectivity index (χ0v) is 16.5. The van der Waals surface area contributed by atoms with E-state index in [0.717, 1.165) is 48.5 Å². The van der Waals surface area contributed by atoms with Gasteiger partial charge in [0.2, 0.25) is 0 Å². The van der Waals surface area contributed by atoms with Gasteiger partial charge < -0.3 is 4.74 Å². The van der Waals surface area contributed by atoms with Gasteiger partial charge in [0.15, 0.2) is 5.82 Å². The van der Waals surface area contributed by atoms with Gasteiger partial charge in [0.25, 0.3) is 0 Å². The fraction of sp³-hybridized carbons (Fsp3) is 0.905. The van der Waals surface area contributed by atoms with Crippen LogP contribution in [0.2, 0.25) is 0 Å². The number of aryl methyl sites for hydroxylation is 2. The molecular formula is C21H45N3O. The molecule has 0 N–H and O–H groups in total. The number of nitrogens with zero attached hydrogens (tertiary/aromatic N) is 3. The molecule has 1 aromatic heterocycles. The molecule has 1 aliphatic carbocycles. The summed E-state index contributed by atoms with van der Waals surface area (Å²) in [7, 11) is 1.91. The minimum Gasteiger partial charge on any atom is -0.381 e. The van der Waals surface area contributed by atoms with Crippen LogP contribution >= 0.6 is 0 Å². The van der Waals surface area contributed by atoms with E-state index < -0.39 is 0 Å². The summed E-state index contributed by atoms with van der Waals surface area (Å²) in [5.41, 5.74) is 0. The lowest BCUT2D eigenvalue weighted by molar-refractivity contribution is -0.0534. The van der Waals surface area contributed by atoms with Gasteiger partial charge in [0, 0.05) is 18.9 Å².